The minimum atomic E-state index is 0. The number of hydrogen-bond donors (Lipinski definition) is 0. The summed E-state index contributed by atoms with van der Waals surface area (Å²) < 4.78 is 10.9. The summed E-state index contributed by atoms with van der Waals surface area (Å²) >= 11 is 0. The van der Waals surface area contributed by atoms with Crippen molar-refractivity contribution >= 4 is 21.5 Å². The quantitative estimate of drug-likeness (QED) is 0.554. The minimum absolute atomic E-state index is 0. The van der Waals surface area contributed by atoms with E-state index in [4.69, 9.17) is 9.47 Å². The van der Waals surface area contributed by atoms with Crippen LogP contribution in [-0.2, 0) is 0 Å². The van der Waals surface area contributed by atoms with Crippen molar-refractivity contribution in [1.82, 2.24) is 0 Å². The number of nitrogens with one attached hydrogen (secondary N) is 1. The van der Waals surface area contributed by atoms with Gasteiger partial charge < -0.3 is 21.9 Å². The second-order valence-electron chi connectivity index (χ2n) is 6.16. The molecular weight excluding hydrogens is 346 g/mol. The SMILES string of the molecule is COc1cc2cc(-c3ccc4ccccc4c3)[nH+]c(C)c2cc1OC.[Cl-]. The van der Waals surface area contributed by atoms with Crippen LogP contribution >= 0.6 is 0 Å². The Morgan fingerprint density at radius 1 is 0.731 bits per heavy atom. The molecule has 132 valence electrons. The van der Waals surface area contributed by atoms with Crippen molar-refractivity contribution in [3.63, 3.8) is 0 Å². The number of benzene rings is 3. The monoisotopic (exact) mass is 365 g/mol. The van der Waals surface area contributed by atoms with E-state index in [-0.39, 0.29) is 12.4 Å². The van der Waals surface area contributed by atoms with Crippen LogP contribution in [0, 0.1) is 6.92 Å². The van der Waals surface area contributed by atoms with Crippen LogP contribution in [0.15, 0.2) is 60.7 Å². The van der Waals surface area contributed by atoms with E-state index in [1.807, 2.05) is 12.1 Å². The summed E-state index contributed by atoms with van der Waals surface area (Å²) in [6.45, 7) is 2.08. The Bertz CT molecular complexity index is 1090. The minimum Gasteiger partial charge on any atom is -1.00 e. The molecular formula is C22H20ClNO2. The normalized spacial score (nSPS) is 10.6. The molecule has 0 aliphatic carbocycles. The van der Waals surface area contributed by atoms with Crippen LogP contribution in [-0.4, -0.2) is 14.2 Å². The van der Waals surface area contributed by atoms with Crippen LogP contribution < -0.4 is 26.9 Å². The zero-order valence-corrected chi connectivity index (χ0v) is 15.7. The first-order valence-corrected chi connectivity index (χ1v) is 8.27. The van der Waals surface area contributed by atoms with Gasteiger partial charge in [-0.25, -0.2) is 4.98 Å². The summed E-state index contributed by atoms with van der Waals surface area (Å²) in [6, 6.07) is 21.1. The van der Waals surface area contributed by atoms with E-state index in [2.05, 4.69) is 60.4 Å². The van der Waals surface area contributed by atoms with E-state index < -0.39 is 0 Å². The number of hydrogen-bond acceptors (Lipinski definition) is 2. The molecule has 4 heteroatoms. The number of H-pyrrole nitrogens is 1. The fourth-order valence-electron chi connectivity index (χ4n) is 3.31. The van der Waals surface area contributed by atoms with Crippen molar-refractivity contribution in [3.8, 4) is 22.8 Å². The molecule has 0 saturated heterocycles. The fraction of sp³-hybridized carbons (Fsp3) is 0.136. The van der Waals surface area contributed by atoms with Gasteiger partial charge in [0.25, 0.3) is 0 Å². The van der Waals surface area contributed by atoms with Gasteiger partial charge >= 0.3 is 0 Å². The summed E-state index contributed by atoms with van der Waals surface area (Å²) in [5.74, 6) is 1.48. The molecule has 3 nitrogen and oxygen atoms in total. The number of aromatic nitrogens is 1. The van der Waals surface area contributed by atoms with Gasteiger partial charge in [0.2, 0.25) is 5.69 Å². The van der Waals surface area contributed by atoms with Gasteiger partial charge in [-0.05, 0) is 40.4 Å². The van der Waals surface area contributed by atoms with E-state index in [9.17, 15) is 0 Å². The summed E-state index contributed by atoms with van der Waals surface area (Å²) in [6.07, 6.45) is 0. The second kappa shape index (κ2) is 7.22. The summed E-state index contributed by atoms with van der Waals surface area (Å²) in [7, 11) is 3.32. The fourth-order valence-corrected chi connectivity index (χ4v) is 3.31. The van der Waals surface area contributed by atoms with Crippen molar-refractivity contribution in [2.75, 3.05) is 14.2 Å². The molecule has 0 amide bonds. The molecule has 0 fully saturated rings. The maximum absolute atomic E-state index is 5.45. The van der Waals surface area contributed by atoms with Crippen LogP contribution in [0.3, 0.4) is 0 Å². The molecule has 1 heterocycles. The van der Waals surface area contributed by atoms with Gasteiger partial charge in [0.05, 0.1) is 19.6 Å². The van der Waals surface area contributed by atoms with E-state index in [1.54, 1.807) is 14.2 Å². The molecule has 1 N–H and O–H groups in total. The lowest BCUT2D eigenvalue weighted by Gasteiger charge is -2.09. The molecule has 0 saturated carbocycles. The molecule has 0 aliphatic rings. The number of methoxy groups -OCH3 is 2. The topological polar surface area (TPSA) is 32.6 Å². The van der Waals surface area contributed by atoms with Crippen LogP contribution in [0.2, 0.25) is 0 Å². The van der Waals surface area contributed by atoms with Gasteiger partial charge in [0.1, 0.15) is 0 Å². The summed E-state index contributed by atoms with van der Waals surface area (Å²) in [5, 5.41) is 4.73. The Morgan fingerprint density at radius 3 is 2.15 bits per heavy atom. The zero-order chi connectivity index (χ0) is 17.4. The number of halogens is 1. The standard InChI is InChI=1S/C22H19NO2.ClH/c1-14-19-13-22(25-3)21(24-2)12-18(19)11-20(23-14)17-9-8-15-6-4-5-7-16(15)10-17;/h4-13H,1-3H3;1H. The molecule has 0 spiro atoms. The lowest BCUT2D eigenvalue weighted by atomic mass is 10.0. The maximum Gasteiger partial charge on any atom is 0.211 e. The molecule has 3 aromatic carbocycles. The van der Waals surface area contributed by atoms with Crippen molar-refractivity contribution in [2.45, 2.75) is 6.92 Å². The average molecular weight is 366 g/mol. The number of pyridine rings is 1. The Balaban J connectivity index is 0.00000196. The first-order valence-electron chi connectivity index (χ1n) is 8.27. The largest absolute Gasteiger partial charge is 1.00 e. The highest BCUT2D eigenvalue weighted by Gasteiger charge is 2.15. The third kappa shape index (κ3) is 3.06. The highest BCUT2D eigenvalue weighted by atomic mass is 35.5. The third-order valence-corrected chi connectivity index (χ3v) is 4.64. The lowest BCUT2D eigenvalue weighted by molar-refractivity contribution is -0.372. The van der Waals surface area contributed by atoms with E-state index in [0.29, 0.717) is 0 Å². The number of rotatable bonds is 3. The second-order valence-corrected chi connectivity index (χ2v) is 6.16. The van der Waals surface area contributed by atoms with Gasteiger partial charge in [-0.15, -0.1) is 0 Å². The van der Waals surface area contributed by atoms with Crippen LogP contribution in [0.25, 0.3) is 32.8 Å². The highest BCUT2D eigenvalue weighted by molar-refractivity contribution is 5.91. The third-order valence-electron chi connectivity index (χ3n) is 4.64. The van der Waals surface area contributed by atoms with E-state index >= 15 is 0 Å². The van der Waals surface area contributed by atoms with Crippen LogP contribution in [0.5, 0.6) is 11.5 Å². The molecule has 26 heavy (non-hydrogen) atoms. The predicted molar refractivity (Wildman–Crippen MR) is 101 cm³/mol. The van der Waals surface area contributed by atoms with Crippen LogP contribution in [0.4, 0.5) is 0 Å². The molecule has 0 bridgehead atoms. The van der Waals surface area contributed by atoms with Crippen LogP contribution in [0.1, 0.15) is 5.69 Å². The van der Waals surface area contributed by atoms with Crippen molar-refractivity contribution in [2.24, 2.45) is 0 Å². The Kier molecular flexibility index (Phi) is 5.01. The molecule has 0 unspecified atom stereocenters. The van der Waals surface area contributed by atoms with Gasteiger partial charge in [-0.2, -0.15) is 0 Å². The van der Waals surface area contributed by atoms with Gasteiger partial charge in [-0.3, -0.25) is 0 Å². The van der Waals surface area contributed by atoms with Crippen molar-refractivity contribution < 1.29 is 26.9 Å². The Labute approximate surface area is 159 Å². The smallest absolute Gasteiger partial charge is 0.211 e. The van der Waals surface area contributed by atoms with Gasteiger partial charge in [-0.1, -0.05) is 30.3 Å². The molecule has 0 atom stereocenters. The molecule has 4 rings (SSSR count). The summed E-state index contributed by atoms with van der Waals surface area (Å²) in [4.78, 5) is 3.52. The molecule has 0 aliphatic heterocycles. The Morgan fingerprint density at radius 2 is 1.42 bits per heavy atom. The predicted octanol–water partition coefficient (Wildman–Crippen LogP) is 1.80. The number of aryl methyl sites for hydroxylation is 1. The first-order chi connectivity index (χ1) is 12.2. The highest BCUT2D eigenvalue weighted by Crippen LogP contribution is 2.34. The van der Waals surface area contributed by atoms with Crippen molar-refractivity contribution in [1.29, 1.82) is 0 Å². The van der Waals surface area contributed by atoms with Crippen molar-refractivity contribution in [3.05, 3.63) is 66.4 Å². The van der Waals surface area contributed by atoms with E-state index in [0.717, 1.165) is 33.7 Å². The number of ether oxygens (including phenoxy) is 2. The Hall–Kier alpha value is -2.78. The average Bonchev–Trinajstić information content (AvgIpc) is 2.66. The maximum atomic E-state index is 5.45. The number of aromatic amines is 1. The molecule has 0 radical (unpaired) electrons. The van der Waals surface area contributed by atoms with E-state index in [1.165, 1.54) is 16.3 Å². The first kappa shape index (κ1) is 18.0. The van der Waals surface area contributed by atoms with Gasteiger partial charge in [0.15, 0.2) is 17.2 Å². The lowest BCUT2D eigenvalue weighted by Crippen LogP contribution is -3.00. The summed E-state index contributed by atoms with van der Waals surface area (Å²) in [5.41, 5.74) is 3.35. The van der Waals surface area contributed by atoms with Gasteiger partial charge in [0, 0.05) is 18.6 Å². The molecule has 1 aromatic heterocycles. The molecule has 4 aromatic rings. The number of fused-ring (bicyclic) bond motifs is 2. The zero-order valence-electron chi connectivity index (χ0n) is 15.0.